The maximum atomic E-state index is 12.1. The average Bonchev–Trinajstić information content (AvgIpc) is 2.40. The van der Waals surface area contributed by atoms with Crippen molar-refractivity contribution < 1.29 is 14.3 Å². The molecule has 1 heterocycles. The van der Waals surface area contributed by atoms with Crippen LogP contribution in [0, 0.1) is 0 Å². The van der Waals surface area contributed by atoms with Gasteiger partial charge in [-0.25, -0.2) is 0 Å². The molecular weight excluding hydrogens is 232 g/mol. The van der Waals surface area contributed by atoms with Gasteiger partial charge in [0.25, 0.3) is 5.91 Å². The molecule has 1 atom stereocenters. The molecule has 5 heteroatoms. The maximum Gasteiger partial charge on any atom is 0.253 e. The van der Waals surface area contributed by atoms with Crippen molar-refractivity contribution in [2.45, 2.75) is 18.9 Å². The predicted octanol–water partition coefficient (Wildman–Crippen LogP) is 1.19. The summed E-state index contributed by atoms with van der Waals surface area (Å²) in [4.78, 5) is 12.1. The molecule has 1 amide bonds. The number of nitrogens with one attached hydrogen (secondary N) is 1. The van der Waals surface area contributed by atoms with Gasteiger partial charge in [0.1, 0.15) is 5.75 Å². The lowest BCUT2D eigenvalue weighted by atomic mass is 10.1. The lowest BCUT2D eigenvalue weighted by Crippen LogP contribution is -2.40. The lowest BCUT2D eigenvalue weighted by molar-refractivity contribution is 0.0624. The van der Waals surface area contributed by atoms with Gasteiger partial charge in [0.2, 0.25) is 0 Å². The number of carbonyl (C=O) groups excluding carboxylic acids is 1. The Morgan fingerprint density at radius 2 is 2.39 bits per heavy atom. The molecule has 3 N–H and O–H groups in total. The van der Waals surface area contributed by atoms with Gasteiger partial charge in [-0.05, 0) is 31.0 Å². The zero-order chi connectivity index (χ0) is 13.0. The number of hydrogen-bond acceptors (Lipinski definition) is 4. The summed E-state index contributed by atoms with van der Waals surface area (Å²) in [6, 6.07) is 5.12. The van der Waals surface area contributed by atoms with Crippen molar-refractivity contribution in [3.8, 4) is 5.75 Å². The Bertz CT molecular complexity index is 428. The van der Waals surface area contributed by atoms with Crippen molar-refractivity contribution in [1.29, 1.82) is 0 Å². The first-order valence-corrected chi connectivity index (χ1v) is 6.03. The molecule has 1 aromatic rings. The summed E-state index contributed by atoms with van der Waals surface area (Å²) < 4.78 is 10.4. The number of anilines is 1. The number of methoxy groups -OCH3 is 1. The summed E-state index contributed by atoms with van der Waals surface area (Å²) in [7, 11) is 1.56. The monoisotopic (exact) mass is 250 g/mol. The van der Waals surface area contributed by atoms with E-state index in [1.54, 1.807) is 25.3 Å². The molecule has 1 aliphatic heterocycles. The van der Waals surface area contributed by atoms with E-state index >= 15 is 0 Å². The zero-order valence-electron chi connectivity index (χ0n) is 10.4. The highest BCUT2D eigenvalue weighted by Gasteiger charge is 2.18. The van der Waals surface area contributed by atoms with Crippen LogP contribution in [0.3, 0.4) is 0 Å². The topological polar surface area (TPSA) is 73.6 Å². The quantitative estimate of drug-likeness (QED) is 0.790. The smallest absolute Gasteiger partial charge is 0.253 e. The van der Waals surface area contributed by atoms with E-state index in [9.17, 15) is 4.79 Å². The fourth-order valence-electron chi connectivity index (χ4n) is 1.98. The standard InChI is InChI=1S/C13H18N2O3/c1-17-10-4-5-12(14)11(7-10)13(16)15-9-3-2-6-18-8-9/h4-5,7,9H,2-3,6,8,14H2,1H3,(H,15,16). The molecule has 1 saturated heterocycles. The Morgan fingerprint density at radius 3 is 3.06 bits per heavy atom. The molecule has 0 saturated carbocycles. The van der Waals surface area contributed by atoms with Crippen LogP contribution in [0.1, 0.15) is 23.2 Å². The third kappa shape index (κ3) is 2.92. The van der Waals surface area contributed by atoms with Gasteiger partial charge in [-0.15, -0.1) is 0 Å². The fourth-order valence-corrected chi connectivity index (χ4v) is 1.98. The van der Waals surface area contributed by atoms with E-state index in [4.69, 9.17) is 15.2 Å². The fraction of sp³-hybridized carbons (Fsp3) is 0.462. The third-order valence-electron chi connectivity index (χ3n) is 3.00. The van der Waals surface area contributed by atoms with Crippen molar-refractivity contribution in [2.24, 2.45) is 0 Å². The van der Waals surface area contributed by atoms with E-state index < -0.39 is 0 Å². The van der Waals surface area contributed by atoms with Crippen LogP contribution in [-0.4, -0.2) is 32.3 Å². The number of nitrogens with two attached hydrogens (primary N) is 1. The summed E-state index contributed by atoms with van der Waals surface area (Å²) in [5, 5.41) is 2.93. The van der Waals surface area contributed by atoms with E-state index in [1.165, 1.54) is 0 Å². The van der Waals surface area contributed by atoms with Crippen LogP contribution >= 0.6 is 0 Å². The third-order valence-corrected chi connectivity index (χ3v) is 3.00. The number of carbonyl (C=O) groups is 1. The van der Waals surface area contributed by atoms with Crippen molar-refractivity contribution >= 4 is 11.6 Å². The Hall–Kier alpha value is -1.75. The molecule has 0 spiro atoms. The second-order valence-electron chi connectivity index (χ2n) is 4.34. The van der Waals surface area contributed by atoms with Crippen LogP contribution in [0.5, 0.6) is 5.75 Å². The zero-order valence-corrected chi connectivity index (χ0v) is 10.4. The predicted molar refractivity (Wildman–Crippen MR) is 68.7 cm³/mol. The van der Waals surface area contributed by atoms with Gasteiger partial charge in [-0.1, -0.05) is 0 Å². The number of amides is 1. The van der Waals surface area contributed by atoms with Gasteiger partial charge in [-0.3, -0.25) is 4.79 Å². The second-order valence-corrected chi connectivity index (χ2v) is 4.34. The normalized spacial score (nSPS) is 19.3. The van der Waals surface area contributed by atoms with Crippen molar-refractivity contribution in [3.05, 3.63) is 23.8 Å². The Morgan fingerprint density at radius 1 is 1.56 bits per heavy atom. The van der Waals surface area contributed by atoms with Crippen LogP contribution in [0.25, 0.3) is 0 Å². The minimum atomic E-state index is -0.179. The molecular formula is C13H18N2O3. The highest BCUT2D eigenvalue weighted by Crippen LogP contribution is 2.19. The molecule has 1 fully saturated rings. The molecule has 0 aromatic heterocycles. The first kappa shape index (κ1) is 12.7. The Kier molecular flexibility index (Phi) is 4.04. The van der Waals surface area contributed by atoms with E-state index in [2.05, 4.69) is 5.32 Å². The van der Waals surface area contributed by atoms with Crippen molar-refractivity contribution in [1.82, 2.24) is 5.32 Å². The summed E-state index contributed by atoms with van der Waals surface area (Å²) in [6.07, 6.45) is 1.91. The first-order valence-electron chi connectivity index (χ1n) is 6.03. The largest absolute Gasteiger partial charge is 0.497 e. The molecule has 1 unspecified atom stereocenters. The summed E-state index contributed by atoms with van der Waals surface area (Å²) in [6.45, 7) is 1.34. The first-order chi connectivity index (χ1) is 8.70. The van der Waals surface area contributed by atoms with Gasteiger partial charge < -0.3 is 20.5 Å². The van der Waals surface area contributed by atoms with Gasteiger partial charge >= 0.3 is 0 Å². The molecule has 0 radical (unpaired) electrons. The van der Waals surface area contributed by atoms with Crippen molar-refractivity contribution in [3.63, 3.8) is 0 Å². The van der Waals surface area contributed by atoms with E-state index in [-0.39, 0.29) is 11.9 Å². The highest BCUT2D eigenvalue weighted by atomic mass is 16.5. The molecule has 5 nitrogen and oxygen atoms in total. The summed E-state index contributed by atoms with van der Waals surface area (Å²) in [5.74, 6) is 0.441. The van der Waals surface area contributed by atoms with Gasteiger partial charge in [0.05, 0.1) is 25.3 Å². The number of ether oxygens (including phenoxy) is 2. The second kappa shape index (κ2) is 5.73. The minimum absolute atomic E-state index is 0.0665. The lowest BCUT2D eigenvalue weighted by Gasteiger charge is -2.23. The molecule has 98 valence electrons. The van der Waals surface area contributed by atoms with Crippen LogP contribution in [0.4, 0.5) is 5.69 Å². The van der Waals surface area contributed by atoms with E-state index in [0.29, 0.717) is 23.6 Å². The minimum Gasteiger partial charge on any atom is -0.497 e. The van der Waals surface area contributed by atoms with Crippen LogP contribution < -0.4 is 15.8 Å². The Labute approximate surface area is 106 Å². The summed E-state index contributed by atoms with van der Waals surface area (Å²) >= 11 is 0. The molecule has 0 bridgehead atoms. The van der Waals surface area contributed by atoms with Crippen LogP contribution in [-0.2, 0) is 4.74 Å². The van der Waals surface area contributed by atoms with Crippen LogP contribution in [0.15, 0.2) is 18.2 Å². The number of rotatable bonds is 3. The van der Waals surface area contributed by atoms with Crippen LogP contribution in [0.2, 0.25) is 0 Å². The molecule has 2 rings (SSSR count). The molecule has 0 aliphatic carbocycles. The van der Waals surface area contributed by atoms with Crippen molar-refractivity contribution in [2.75, 3.05) is 26.1 Å². The molecule has 1 aromatic carbocycles. The van der Waals surface area contributed by atoms with E-state index in [0.717, 1.165) is 19.4 Å². The van der Waals surface area contributed by atoms with Gasteiger partial charge in [0.15, 0.2) is 0 Å². The highest BCUT2D eigenvalue weighted by molar-refractivity contribution is 5.99. The van der Waals surface area contributed by atoms with E-state index in [1.807, 2.05) is 0 Å². The molecule has 1 aliphatic rings. The SMILES string of the molecule is COc1ccc(N)c(C(=O)NC2CCCOC2)c1. The van der Waals surface area contributed by atoms with Gasteiger partial charge in [0, 0.05) is 12.3 Å². The summed E-state index contributed by atoms with van der Waals surface area (Å²) in [5.41, 5.74) is 6.70. The van der Waals surface area contributed by atoms with Gasteiger partial charge in [-0.2, -0.15) is 0 Å². The number of hydrogen-bond donors (Lipinski definition) is 2. The Balaban J connectivity index is 2.07. The average molecular weight is 250 g/mol. The number of benzene rings is 1. The molecule has 18 heavy (non-hydrogen) atoms. The number of nitrogen functional groups attached to an aromatic ring is 1. The maximum absolute atomic E-state index is 12.1.